The molecule has 0 saturated carbocycles. The summed E-state index contributed by atoms with van der Waals surface area (Å²) >= 11 is 0. The first-order valence-electron chi connectivity index (χ1n) is 8.65. The second kappa shape index (κ2) is 8.81. The van der Waals surface area contributed by atoms with Gasteiger partial charge < -0.3 is 20.5 Å². The molecule has 0 bridgehead atoms. The zero-order valence-electron chi connectivity index (χ0n) is 15.3. The zero-order chi connectivity index (χ0) is 19.9. The minimum absolute atomic E-state index is 0.0161. The Hall–Kier alpha value is -3.68. The van der Waals surface area contributed by atoms with E-state index in [1.165, 1.54) is 25.1 Å². The van der Waals surface area contributed by atoms with E-state index < -0.39 is 11.8 Å². The lowest BCUT2D eigenvalue weighted by Crippen LogP contribution is -2.28. The van der Waals surface area contributed by atoms with Gasteiger partial charge in [0.15, 0.2) is 0 Å². The highest BCUT2D eigenvalue weighted by atomic mass is 19.1. The molecule has 0 spiro atoms. The van der Waals surface area contributed by atoms with E-state index in [-0.39, 0.29) is 18.1 Å². The van der Waals surface area contributed by atoms with E-state index in [1.54, 1.807) is 12.5 Å². The fraction of sp³-hybridized carbons (Fsp3) is 0.150. The third-order valence-corrected chi connectivity index (χ3v) is 3.90. The van der Waals surface area contributed by atoms with Crippen molar-refractivity contribution in [1.82, 2.24) is 14.9 Å². The van der Waals surface area contributed by atoms with Gasteiger partial charge in [0.2, 0.25) is 5.91 Å². The second-order valence-electron chi connectivity index (χ2n) is 6.24. The number of rotatable bonds is 6. The van der Waals surface area contributed by atoms with Gasteiger partial charge in [0.05, 0.1) is 12.0 Å². The summed E-state index contributed by atoms with van der Waals surface area (Å²) in [5, 5.41) is 7.70. The van der Waals surface area contributed by atoms with Crippen LogP contribution in [0.15, 0.2) is 61.2 Å². The fourth-order valence-electron chi connectivity index (χ4n) is 2.68. The van der Waals surface area contributed by atoms with Crippen LogP contribution in [0.5, 0.6) is 0 Å². The summed E-state index contributed by atoms with van der Waals surface area (Å²) in [5.41, 5.74) is 2.38. The molecule has 0 aliphatic heterocycles. The van der Waals surface area contributed by atoms with Gasteiger partial charge in [0.25, 0.3) is 0 Å². The smallest absolute Gasteiger partial charge is 0.319 e. The highest BCUT2D eigenvalue weighted by Gasteiger charge is 2.09. The van der Waals surface area contributed by atoms with E-state index in [0.717, 1.165) is 11.1 Å². The van der Waals surface area contributed by atoms with Gasteiger partial charge in [-0.15, -0.1) is 0 Å². The summed E-state index contributed by atoms with van der Waals surface area (Å²) in [7, 11) is 0. The molecule has 7 nitrogen and oxygen atoms in total. The number of halogens is 1. The van der Waals surface area contributed by atoms with E-state index in [2.05, 4.69) is 20.9 Å². The van der Waals surface area contributed by atoms with Gasteiger partial charge in [-0.25, -0.2) is 14.2 Å². The first kappa shape index (κ1) is 19.1. The molecule has 3 aromatic rings. The molecule has 0 aliphatic rings. The molecule has 3 N–H and O–H groups in total. The molecule has 2 aromatic carbocycles. The molecule has 1 aromatic heterocycles. The van der Waals surface area contributed by atoms with Gasteiger partial charge in [0, 0.05) is 38.1 Å². The van der Waals surface area contributed by atoms with Crippen molar-refractivity contribution in [1.29, 1.82) is 0 Å². The van der Waals surface area contributed by atoms with Crippen molar-refractivity contribution in [3.63, 3.8) is 0 Å². The fourth-order valence-corrected chi connectivity index (χ4v) is 2.68. The van der Waals surface area contributed by atoms with Crippen LogP contribution in [-0.2, 0) is 17.9 Å². The number of imidazole rings is 1. The van der Waals surface area contributed by atoms with Crippen LogP contribution in [0.4, 0.5) is 20.6 Å². The van der Waals surface area contributed by atoms with Crippen molar-refractivity contribution in [3.8, 4) is 0 Å². The molecule has 0 radical (unpaired) electrons. The number of carbonyl (C=O) groups is 2. The van der Waals surface area contributed by atoms with Gasteiger partial charge in [0.1, 0.15) is 5.82 Å². The Kier molecular flexibility index (Phi) is 6.01. The second-order valence-corrected chi connectivity index (χ2v) is 6.24. The first-order valence-corrected chi connectivity index (χ1v) is 8.65. The maximum absolute atomic E-state index is 13.9. The topological polar surface area (TPSA) is 88.0 Å². The molecule has 144 valence electrons. The van der Waals surface area contributed by atoms with Gasteiger partial charge in [-0.05, 0) is 29.3 Å². The number of carbonyl (C=O) groups excluding carboxylic acids is 2. The maximum atomic E-state index is 13.9. The van der Waals surface area contributed by atoms with Crippen LogP contribution in [0.3, 0.4) is 0 Å². The molecule has 0 unspecified atom stereocenters. The summed E-state index contributed by atoms with van der Waals surface area (Å²) in [6.07, 6.45) is 5.33. The Labute approximate surface area is 161 Å². The van der Waals surface area contributed by atoms with E-state index in [4.69, 9.17) is 0 Å². The van der Waals surface area contributed by atoms with Crippen LogP contribution in [0, 0.1) is 5.82 Å². The highest BCUT2D eigenvalue weighted by molar-refractivity contribution is 5.92. The lowest BCUT2D eigenvalue weighted by Gasteiger charge is -2.11. The van der Waals surface area contributed by atoms with Gasteiger partial charge >= 0.3 is 6.03 Å². The van der Waals surface area contributed by atoms with Crippen LogP contribution >= 0.6 is 0 Å². The summed E-state index contributed by atoms with van der Waals surface area (Å²) < 4.78 is 15.8. The molecule has 3 amide bonds. The van der Waals surface area contributed by atoms with E-state index >= 15 is 0 Å². The molecule has 1 heterocycles. The predicted molar refractivity (Wildman–Crippen MR) is 104 cm³/mol. The Balaban J connectivity index is 1.58. The van der Waals surface area contributed by atoms with Crippen molar-refractivity contribution in [3.05, 3.63) is 78.1 Å². The number of benzene rings is 2. The maximum Gasteiger partial charge on any atom is 0.319 e. The predicted octanol–water partition coefficient (Wildman–Crippen LogP) is 3.35. The van der Waals surface area contributed by atoms with Gasteiger partial charge in [-0.2, -0.15) is 0 Å². The van der Waals surface area contributed by atoms with Crippen molar-refractivity contribution < 1.29 is 14.0 Å². The third kappa shape index (κ3) is 5.41. The molecule has 0 saturated heterocycles. The lowest BCUT2D eigenvalue weighted by molar-refractivity contribution is -0.114. The number of nitrogens with zero attached hydrogens (tertiary/aromatic N) is 2. The van der Waals surface area contributed by atoms with Crippen LogP contribution in [0.1, 0.15) is 18.1 Å². The normalized spacial score (nSPS) is 10.4. The van der Waals surface area contributed by atoms with Crippen molar-refractivity contribution in [2.45, 2.75) is 20.0 Å². The Morgan fingerprint density at radius 2 is 1.93 bits per heavy atom. The summed E-state index contributed by atoms with van der Waals surface area (Å²) in [5.74, 6) is -0.871. The Morgan fingerprint density at radius 3 is 2.68 bits per heavy atom. The number of nitrogens with one attached hydrogen (secondary N) is 3. The Bertz CT molecular complexity index is 972. The SMILES string of the molecule is CC(=O)Nc1ccc(F)c(NC(=O)NCc2cccc(Cn3ccnc3)c2)c1. The summed E-state index contributed by atoms with van der Waals surface area (Å²) in [4.78, 5) is 27.2. The number of hydrogen-bond acceptors (Lipinski definition) is 3. The molecule has 8 heteroatoms. The number of hydrogen-bond donors (Lipinski definition) is 3. The van der Waals surface area contributed by atoms with Crippen molar-refractivity contribution in [2.75, 3.05) is 10.6 Å². The van der Waals surface area contributed by atoms with Crippen molar-refractivity contribution in [2.24, 2.45) is 0 Å². The highest BCUT2D eigenvalue weighted by Crippen LogP contribution is 2.19. The number of aromatic nitrogens is 2. The van der Waals surface area contributed by atoms with E-state index in [0.29, 0.717) is 12.2 Å². The monoisotopic (exact) mass is 381 g/mol. The lowest BCUT2D eigenvalue weighted by atomic mass is 10.1. The zero-order valence-corrected chi connectivity index (χ0v) is 15.3. The first-order chi connectivity index (χ1) is 13.5. The van der Waals surface area contributed by atoms with E-state index in [1.807, 2.05) is 35.0 Å². The number of anilines is 2. The standard InChI is InChI=1S/C20H20FN5O2/c1-14(27)24-17-5-6-18(21)19(10-17)25-20(28)23-11-15-3-2-4-16(9-15)12-26-8-7-22-13-26/h2-10,13H,11-12H2,1H3,(H,24,27)(H2,23,25,28). The van der Waals surface area contributed by atoms with Crippen LogP contribution in [-0.4, -0.2) is 21.5 Å². The molecule has 28 heavy (non-hydrogen) atoms. The molecular weight excluding hydrogens is 361 g/mol. The molecule has 0 atom stereocenters. The number of amides is 3. The largest absolute Gasteiger partial charge is 0.334 e. The summed E-state index contributed by atoms with van der Waals surface area (Å²) in [6.45, 7) is 2.32. The molecular formula is C20H20FN5O2. The minimum Gasteiger partial charge on any atom is -0.334 e. The average molecular weight is 381 g/mol. The van der Waals surface area contributed by atoms with E-state index in [9.17, 15) is 14.0 Å². The molecule has 0 fully saturated rings. The third-order valence-electron chi connectivity index (χ3n) is 3.90. The average Bonchev–Trinajstić information content (AvgIpc) is 3.16. The van der Waals surface area contributed by atoms with Crippen LogP contribution < -0.4 is 16.0 Å². The van der Waals surface area contributed by atoms with Gasteiger partial charge in [-0.1, -0.05) is 24.3 Å². The number of urea groups is 1. The van der Waals surface area contributed by atoms with Gasteiger partial charge in [-0.3, -0.25) is 4.79 Å². The molecule has 0 aliphatic carbocycles. The van der Waals surface area contributed by atoms with Crippen LogP contribution in [0.25, 0.3) is 0 Å². The van der Waals surface area contributed by atoms with Crippen molar-refractivity contribution >= 4 is 23.3 Å². The minimum atomic E-state index is -0.591. The Morgan fingerprint density at radius 1 is 1.11 bits per heavy atom. The summed E-state index contributed by atoms with van der Waals surface area (Å²) in [6, 6.07) is 11.2. The van der Waals surface area contributed by atoms with Crippen LogP contribution in [0.2, 0.25) is 0 Å². The quantitative estimate of drug-likeness (QED) is 0.612. The molecule has 3 rings (SSSR count).